The van der Waals surface area contributed by atoms with Crippen LogP contribution in [0.3, 0.4) is 0 Å². The maximum atomic E-state index is 13.8. The van der Waals surface area contributed by atoms with Gasteiger partial charge in [-0.15, -0.1) is 0 Å². The summed E-state index contributed by atoms with van der Waals surface area (Å²) >= 11 is 0. The number of carbonyl (C=O) groups is 1. The maximum Gasteiger partial charge on any atom is 0.238 e. The molecule has 2 aromatic heterocycles. The van der Waals surface area contributed by atoms with Gasteiger partial charge in [-0.1, -0.05) is 31.4 Å². The average molecular weight is 502 g/mol. The molecule has 7 nitrogen and oxygen atoms in total. The number of halogens is 1. The molecule has 0 unspecified atom stereocenters. The van der Waals surface area contributed by atoms with Crippen LogP contribution in [-0.2, 0) is 4.79 Å². The monoisotopic (exact) mass is 501 g/mol. The van der Waals surface area contributed by atoms with E-state index in [9.17, 15) is 9.18 Å². The van der Waals surface area contributed by atoms with Gasteiger partial charge < -0.3 is 19.5 Å². The number of furan rings is 1. The Labute approximate surface area is 216 Å². The number of hydrogen-bond acceptors (Lipinski definition) is 6. The SMILES string of the molecule is CN(C)CC(=O)Nc1ccc(-c2oc3ncnc(N(C)C4CCCCC4)c3c2-c2ccc(F)cc2)cc1. The van der Waals surface area contributed by atoms with Crippen molar-refractivity contribution in [1.29, 1.82) is 0 Å². The second-order valence-electron chi connectivity index (χ2n) is 9.96. The number of benzene rings is 2. The first-order chi connectivity index (χ1) is 17.9. The fraction of sp³-hybridized carbons (Fsp3) is 0.345. The van der Waals surface area contributed by atoms with Gasteiger partial charge in [0.25, 0.3) is 0 Å². The van der Waals surface area contributed by atoms with Crippen molar-refractivity contribution in [3.8, 4) is 22.5 Å². The predicted molar refractivity (Wildman–Crippen MR) is 145 cm³/mol. The molecule has 1 fully saturated rings. The van der Waals surface area contributed by atoms with Crippen LogP contribution in [0.2, 0.25) is 0 Å². The summed E-state index contributed by atoms with van der Waals surface area (Å²) < 4.78 is 20.2. The third-order valence-electron chi connectivity index (χ3n) is 6.95. The van der Waals surface area contributed by atoms with Crippen LogP contribution in [0, 0.1) is 5.82 Å². The third kappa shape index (κ3) is 5.34. The highest BCUT2D eigenvalue weighted by molar-refractivity contribution is 6.06. The number of rotatable bonds is 7. The van der Waals surface area contributed by atoms with Gasteiger partial charge in [0.1, 0.15) is 23.7 Å². The Balaban J connectivity index is 1.60. The molecule has 0 spiro atoms. The number of hydrogen-bond donors (Lipinski definition) is 1. The van der Waals surface area contributed by atoms with Crippen LogP contribution in [-0.4, -0.2) is 54.5 Å². The van der Waals surface area contributed by atoms with Crippen LogP contribution in [0.1, 0.15) is 32.1 Å². The Kier molecular flexibility index (Phi) is 7.19. The second-order valence-corrected chi connectivity index (χ2v) is 9.96. The van der Waals surface area contributed by atoms with E-state index in [1.54, 1.807) is 18.5 Å². The Morgan fingerprint density at radius 3 is 2.32 bits per heavy atom. The van der Waals surface area contributed by atoms with E-state index in [1.807, 2.05) is 43.3 Å². The smallest absolute Gasteiger partial charge is 0.238 e. The van der Waals surface area contributed by atoms with Gasteiger partial charge in [0.15, 0.2) is 0 Å². The molecule has 2 heterocycles. The minimum absolute atomic E-state index is 0.0841. The first-order valence-electron chi connectivity index (χ1n) is 12.7. The van der Waals surface area contributed by atoms with Crippen LogP contribution < -0.4 is 10.2 Å². The fourth-order valence-corrected chi connectivity index (χ4v) is 5.11. The molecule has 1 saturated carbocycles. The first-order valence-corrected chi connectivity index (χ1v) is 12.7. The van der Waals surface area contributed by atoms with E-state index in [0.717, 1.165) is 40.7 Å². The number of aromatic nitrogens is 2. The summed E-state index contributed by atoms with van der Waals surface area (Å²) in [5.41, 5.74) is 3.68. The lowest BCUT2D eigenvalue weighted by atomic mass is 9.94. The Morgan fingerprint density at radius 2 is 1.65 bits per heavy atom. The van der Waals surface area contributed by atoms with Crippen LogP contribution in [0.25, 0.3) is 33.6 Å². The number of likely N-dealkylation sites (N-methyl/N-ethyl adjacent to an activating group) is 1. The summed E-state index contributed by atoms with van der Waals surface area (Å²) in [6.45, 7) is 0.302. The largest absolute Gasteiger partial charge is 0.437 e. The topological polar surface area (TPSA) is 74.5 Å². The Hall–Kier alpha value is -3.78. The molecule has 1 amide bonds. The molecule has 1 aliphatic rings. The van der Waals surface area contributed by atoms with Gasteiger partial charge in [-0.25, -0.2) is 14.4 Å². The summed E-state index contributed by atoms with van der Waals surface area (Å²) in [5, 5.41) is 3.73. The lowest BCUT2D eigenvalue weighted by molar-refractivity contribution is -0.116. The third-order valence-corrected chi connectivity index (χ3v) is 6.95. The van der Waals surface area contributed by atoms with Gasteiger partial charge in [-0.2, -0.15) is 0 Å². The number of carbonyl (C=O) groups excluding carboxylic acids is 1. The minimum Gasteiger partial charge on any atom is -0.437 e. The molecular weight excluding hydrogens is 469 g/mol. The molecule has 2 aromatic carbocycles. The molecule has 5 rings (SSSR count). The fourth-order valence-electron chi connectivity index (χ4n) is 5.11. The standard InChI is InChI=1S/C29H32FN5O2/c1-34(2)17-24(36)33-22-15-11-20(12-16-22)27-25(19-9-13-21(30)14-10-19)26-28(31-18-32-29(26)37-27)35(3)23-7-5-4-6-8-23/h9-16,18,23H,4-8,17H2,1-3H3,(H,33,36). The molecule has 8 heteroatoms. The molecule has 37 heavy (non-hydrogen) atoms. The van der Waals surface area contributed by atoms with E-state index in [-0.39, 0.29) is 11.7 Å². The van der Waals surface area contributed by atoms with Crippen molar-refractivity contribution in [3.63, 3.8) is 0 Å². The number of amides is 1. The van der Waals surface area contributed by atoms with Crippen molar-refractivity contribution >= 4 is 28.5 Å². The zero-order chi connectivity index (χ0) is 25.9. The van der Waals surface area contributed by atoms with E-state index in [4.69, 9.17) is 9.40 Å². The van der Waals surface area contributed by atoms with Crippen LogP contribution in [0.5, 0.6) is 0 Å². The lowest BCUT2D eigenvalue weighted by Gasteiger charge is -2.32. The summed E-state index contributed by atoms with van der Waals surface area (Å²) in [6.07, 6.45) is 7.48. The Bertz CT molecular complexity index is 1380. The first kappa shape index (κ1) is 24.9. The molecule has 0 saturated heterocycles. The van der Waals surface area contributed by atoms with Gasteiger partial charge >= 0.3 is 0 Å². The van der Waals surface area contributed by atoms with Crippen molar-refractivity contribution in [2.24, 2.45) is 0 Å². The minimum atomic E-state index is -0.299. The molecule has 0 aliphatic heterocycles. The highest BCUT2D eigenvalue weighted by Gasteiger charge is 2.27. The van der Waals surface area contributed by atoms with Gasteiger partial charge in [-0.3, -0.25) is 4.79 Å². The predicted octanol–water partition coefficient (Wildman–Crippen LogP) is 5.96. The maximum absolute atomic E-state index is 13.8. The van der Waals surface area contributed by atoms with E-state index >= 15 is 0 Å². The normalized spacial score (nSPS) is 14.3. The molecule has 192 valence electrons. The average Bonchev–Trinajstić information content (AvgIpc) is 3.29. The van der Waals surface area contributed by atoms with E-state index < -0.39 is 0 Å². The molecular formula is C29H32FN5O2. The van der Waals surface area contributed by atoms with Crippen molar-refractivity contribution in [3.05, 3.63) is 60.7 Å². The number of anilines is 2. The molecule has 4 aromatic rings. The summed E-state index contributed by atoms with van der Waals surface area (Å²) in [6, 6.07) is 14.4. The van der Waals surface area contributed by atoms with E-state index in [2.05, 4.69) is 22.2 Å². The summed E-state index contributed by atoms with van der Waals surface area (Å²) in [5.74, 6) is 1.07. The van der Waals surface area contributed by atoms with Crippen molar-refractivity contribution in [2.75, 3.05) is 37.9 Å². The van der Waals surface area contributed by atoms with Crippen molar-refractivity contribution in [2.45, 2.75) is 38.1 Å². The quantitative estimate of drug-likeness (QED) is 0.337. The van der Waals surface area contributed by atoms with Gasteiger partial charge in [-0.05, 0) is 68.9 Å². The molecule has 1 aliphatic carbocycles. The van der Waals surface area contributed by atoms with E-state index in [1.165, 1.54) is 31.4 Å². The number of nitrogens with one attached hydrogen (secondary N) is 1. The van der Waals surface area contributed by atoms with Gasteiger partial charge in [0.2, 0.25) is 11.6 Å². The van der Waals surface area contributed by atoms with Crippen LogP contribution in [0.4, 0.5) is 15.9 Å². The van der Waals surface area contributed by atoms with Gasteiger partial charge in [0.05, 0.1) is 11.9 Å². The molecule has 0 bridgehead atoms. The molecule has 0 radical (unpaired) electrons. The second kappa shape index (κ2) is 10.7. The Morgan fingerprint density at radius 1 is 0.973 bits per heavy atom. The summed E-state index contributed by atoms with van der Waals surface area (Å²) in [7, 11) is 5.79. The molecule has 0 atom stereocenters. The molecule has 1 N–H and O–H groups in total. The zero-order valence-electron chi connectivity index (χ0n) is 21.5. The summed E-state index contributed by atoms with van der Waals surface area (Å²) in [4.78, 5) is 25.4. The highest BCUT2D eigenvalue weighted by Crippen LogP contribution is 2.44. The van der Waals surface area contributed by atoms with Gasteiger partial charge in [0, 0.05) is 29.9 Å². The lowest BCUT2D eigenvalue weighted by Crippen LogP contribution is -2.34. The number of nitrogens with zero attached hydrogens (tertiary/aromatic N) is 4. The highest BCUT2D eigenvalue weighted by atomic mass is 19.1. The van der Waals surface area contributed by atoms with E-state index in [0.29, 0.717) is 29.7 Å². The van der Waals surface area contributed by atoms with Crippen molar-refractivity contribution < 1.29 is 13.6 Å². The van der Waals surface area contributed by atoms with Crippen LogP contribution >= 0.6 is 0 Å². The zero-order valence-corrected chi connectivity index (χ0v) is 21.5. The number of fused-ring (bicyclic) bond motifs is 1. The van der Waals surface area contributed by atoms with Crippen molar-refractivity contribution in [1.82, 2.24) is 14.9 Å². The van der Waals surface area contributed by atoms with Crippen LogP contribution in [0.15, 0.2) is 59.3 Å².